The van der Waals surface area contributed by atoms with E-state index in [4.69, 9.17) is 4.98 Å². The fourth-order valence-electron chi connectivity index (χ4n) is 2.45. The van der Waals surface area contributed by atoms with Crippen molar-refractivity contribution in [3.8, 4) is 0 Å². The summed E-state index contributed by atoms with van der Waals surface area (Å²) in [5, 5.41) is 10.1. The van der Waals surface area contributed by atoms with Gasteiger partial charge < -0.3 is 15.5 Å². The van der Waals surface area contributed by atoms with Crippen LogP contribution in [0.3, 0.4) is 0 Å². The van der Waals surface area contributed by atoms with E-state index in [0.29, 0.717) is 12.0 Å². The van der Waals surface area contributed by atoms with Gasteiger partial charge in [-0.2, -0.15) is 0 Å². The van der Waals surface area contributed by atoms with Crippen LogP contribution < -0.4 is 15.5 Å². The van der Waals surface area contributed by atoms with Crippen LogP contribution in [0.5, 0.6) is 0 Å². The summed E-state index contributed by atoms with van der Waals surface area (Å²) in [7, 11) is 0. The highest BCUT2D eigenvalue weighted by Gasteiger charge is 2.15. The normalized spacial score (nSPS) is 16.9. The summed E-state index contributed by atoms with van der Waals surface area (Å²) in [6, 6.07) is 0.411. The molecule has 0 aromatic carbocycles. The van der Waals surface area contributed by atoms with Gasteiger partial charge in [0.2, 0.25) is 0 Å². The zero-order valence-electron chi connectivity index (χ0n) is 14.9. The Morgan fingerprint density at radius 3 is 2.74 bits per heavy atom. The maximum atomic E-state index is 4.76. The molecule has 0 bridgehead atoms. The first-order valence-corrected chi connectivity index (χ1v) is 9.72. The van der Waals surface area contributed by atoms with Gasteiger partial charge in [-0.15, -0.1) is 11.3 Å². The van der Waals surface area contributed by atoms with Crippen LogP contribution in [-0.4, -0.2) is 43.2 Å². The van der Waals surface area contributed by atoms with Gasteiger partial charge in [-0.25, -0.2) is 4.98 Å². The highest BCUT2D eigenvalue weighted by atomic mass is 32.1. The van der Waals surface area contributed by atoms with Crippen LogP contribution in [0.1, 0.15) is 46.2 Å². The Bertz CT molecular complexity index is 491. The van der Waals surface area contributed by atoms with E-state index in [2.05, 4.69) is 53.6 Å². The Morgan fingerprint density at radius 1 is 1.35 bits per heavy atom. The van der Waals surface area contributed by atoms with Crippen molar-refractivity contribution >= 4 is 22.4 Å². The Morgan fingerprint density at radius 2 is 2.09 bits per heavy atom. The van der Waals surface area contributed by atoms with Gasteiger partial charge in [-0.05, 0) is 32.6 Å². The maximum absolute atomic E-state index is 4.76. The molecule has 2 heterocycles. The Kier molecular flexibility index (Phi) is 7.15. The van der Waals surface area contributed by atoms with Crippen LogP contribution in [-0.2, 0) is 6.42 Å². The second-order valence-electron chi connectivity index (χ2n) is 6.50. The smallest absolute Gasteiger partial charge is 0.191 e. The average Bonchev–Trinajstić information content (AvgIpc) is 3.18. The maximum Gasteiger partial charge on any atom is 0.191 e. The molecule has 2 rings (SSSR count). The van der Waals surface area contributed by atoms with Crippen LogP contribution in [0.2, 0.25) is 0 Å². The quantitative estimate of drug-likeness (QED) is 0.593. The van der Waals surface area contributed by atoms with Gasteiger partial charge in [0.1, 0.15) is 0 Å². The lowest BCUT2D eigenvalue weighted by Crippen LogP contribution is -2.44. The van der Waals surface area contributed by atoms with Gasteiger partial charge >= 0.3 is 0 Å². The number of nitrogens with zero attached hydrogens (tertiary/aromatic N) is 3. The topological polar surface area (TPSA) is 52.6 Å². The van der Waals surface area contributed by atoms with E-state index in [9.17, 15) is 0 Å². The minimum atomic E-state index is 0.411. The zero-order valence-corrected chi connectivity index (χ0v) is 15.7. The van der Waals surface area contributed by atoms with E-state index in [1.165, 1.54) is 18.0 Å². The molecule has 130 valence electrons. The number of rotatable bonds is 7. The molecule has 1 aliphatic heterocycles. The zero-order chi connectivity index (χ0) is 16.7. The molecular formula is C17H31N5S. The van der Waals surface area contributed by atoms with Crippen LogP contribution in [0.4, 0.5) is 5.13 Å². The second-order valence-corrected chi connectivity index (χ2v) is 7.34. The fourth-order valence-corrected chi connectivity index (χ4v) is 3.36. The largest absolute Gasteiger partial charge is 0.357 e. The van der Waals surface area contributed by atoms with Crippen molar-refractivity contribution in [3.63, 3.8) is 0 Å². The summed E-state index contributed by atoms with van der Waals surface area (Å²) in [6.07, 6.45) is 3.49. The van der Waals surface area contributed by atoms with E-state index < -0.39 is 0 Å². The second kappa shape index (κ2) is 9.11. The predicted molar refractivity (Wildman–Crippen MR) is 101 cm³/mol. The minimum Gasteiger partial charge on any atom is -0.357 e. The standard InChI is InChI=1S/C17H31N5S/c1-5-18-16(20-14(4)13(2)3)19-9-8-15-12-23-17(21-15)22-10-6-7-11-22/h12-14H,5-11H2,1-4H3,(H2,18,19,20). The lowest BCUT2D eigenvalue weighted by Gasteiger charge is -2.20. The lowest BCUT2D eigenvalue weighted by atomic mass is 10.1. The van der Waals surface area contributed by atoms with Gasteiger partial charge in [0.05, 0.1) is 5.69 Å². The number of nitrogens with one attached hydrogen (secondary N) is 2. The number of hydrogen-bond donors (Lipinski definition) is 2. The first kappa shape index (κ1) is 18.0. The third kappa shape index (κ3) is 5.68. The molecule has 23 heavy (non-hydrogen) atoms. The van der Waals surface area contributed by atoms with E-state index in [-0.39, 0.29) is 0 Å². The van der Waals surface area contributed by atoms with E-state index in [0.717, 1.165) is 44.3 Å². The van der Waals surface area contributed by atoms with Crippen molar-refractivity contribution < 1.29 is 0 Å². The SMILES string of the molecule is CCNC(=NCCc1csc(N2CCCC2)n1)NC(C)C(C)C. The molecule has 1 unspecified atom stereocenters. The van der Waals surface area contributed by atoms with Crippen molar-refractivity contribution in [2.24, 2.45) is 10.9 Å². The highest BCUT2D eigenvalue weighted by Crippen LogP contribution is 2.24. The average molecular weight is 338 g/mol. The van der Waals surface area contributed by atoms with Gasteiger partial charge in [0, 0.05) is 44.0 Å². The summed E-state index contributed by atoms with van der Waals surface area (Å²) in [5.74, 6) is 1.49. The molecule has 5 nitrogen and oxygen atoms in total. The predicted octanol–water partition coefficient (Wildman–Crippen LogP) is 2.89. The summed E-state index contributed by atoms with van der Waals surface area (Å²) >= 11 is 1.77. The van der Waals surface area contributed by atoms with E-state index in [1.807, 2.05) is 0 Å². The molecule has 0 spiro atoms. The Labute approximate surface area is 144 Å². The summed E-state index contributed by atoms with van der Waals surface area (Å²) in [4.78, 5) is 11.8. The van der Waals surface area contributed by atoms with Crippen molar-refractivity contribution in [3.05, 3.63) is 11.1 Å². The molecule has 1 aliphatic rings. The highest BCUT2D eigenvalue weighted by molar-refractivity contribution is 7.13. The van der Waals surface area contributed by atoms with Crippen molar-refractivity contribution in [1.29, 1.82) is 0 Å². The molecule has 1 aromatic heterocycles. The molecule has 0 radical (unpaired) electrons. The molecule has 0 amide bonds. The molecule has 0 aliphatic carbocycles. The molecule has 1 saturated heterocycles. The molecule has 0 saturated carbocycles. The molecule has 1 aromatic rings. The number of aliphatic imine (C=N–C) groups is 1. The Balaban J connectivity index is 1.84. The van der Waals surface area contributed by atoms with Crippen LogP contribution in [0.25, 0.3) is 0 Å². The number of aromatic nitrogens is 1. The third-order valence-corrected chi connectivity index (χ3v) is 5.21. The third-order valence-electron chi connectivity index (χ3n) is 4.26. The van der Waals surface area contributed by atoms with Gasteiger partial charge in [0.15, 0.2) is 11.1 Å². The van der Waals surface area contributed by atoms with Crippen LogP contribution >= 0.6 is 11.3 Å². The number of thiazole rings is 1. The van der Waals surface area contributed by atoms with Gasteiger partial charge in [-0.3, -0.25) is 4.99 Å². The number of hydrogen-bond acceptors (Lipinski definition) is 4. The molecule has 1 atom stereocenters. The number of guanidine groups is 1. The summed E-state index contributed by atoms with van der Waals surface area (Å²) in [5.41, 5.74) is 1.16. The Hall–Kier alpha value is -1.30. The minimum absolute atomic E-state index is 0.411. The molecule has 1 fully saturated rings. The lowest BCUT2D eigenvalue weighted by molar-refractivity contribution is 0.481. The first-order chi connectivity index (χ1) is 11.1. The van der Waals surface area contributed by atoms with E-state index in [1.54, 1.807) is 11.3 Å². The van der Waals surface area contributed by atoms with E-state index >= 15 is 0 Å². The van der Waals surface area contributed by atoms with Crippen molar-refractivity contribution in [2.75, 3.05) is 31.1 Å². The van der Waals surface area contributed by atoms with Crippen molar-refractivity contribution in [1.82, 2.24) is 15.6 Å². The number of anilines is 1. The summed E-state index contributed by atoms with van der Waals surface area (Å²) in [6.45, 7) is 12.7. The van der Waals surface area contributed by atoms with Gasteiger partial charge in [-0.1, -0.05) is 13.8 Å². The van der Waals surface area contributed by atoms with Crippen LogP contribution in [0.15, 0.2) is 10.4 Å². The van der Waals surface area contributed by atoms with Crippen molar-refractivity contribution in [2.45, 2.75) is 53.0 Å². The van der Waals surface area contributed by atoms with Gasteiger partial charge in [0.25, 0.3) is 0 Å². The molecular weight excluding hydrogens is 306 g/mol. The first-order valence-electron chi connectivity index (χ1n) is 8.84. The van der Waals surface area contributed by atoms with Crippen LogP contribution in [0, 0.1) is 5.92 Å². The monoisotopic (exact) mass is 337 g/mol. The molecule has 2 N–H and O–H groups in total. The summed E-state index contributed by atoms with van der Waals surface area (Å²) < 4.78 is 0. The fraction of sp³-hybridized carbons (Fsp3) is 0.765. The molecule has 6 heteroatoms.